The SMILES string of the molecule is Cn1c(=O)c2c(C(C)(C)C)nsc2n(C)c1=O. The van der Waals surface area contributed by atoms with Gasteiger partial charge in [-0.1, -0.05) is 20.8 Å². The highest BCUT2D eigenvalue weighted by atomic mass is 32.1. The van der Waals surface area contributed by atoms with Crippen molar-refractivity contribution >= 4 is 21.7 Å². The van der Waals surface area contributed by atoms with Crippen molar-refractivity contribution in [1.82, 2.24) is 13.5 Å². The molecule has 0 spiro atoms. The van der Waals surface area contributed by atoms with E-state index in [1.807, 2.05) is 20.8 Å². The van der Waals surface area contributed by atoms with Gasteiger partial charge in [0.2, 0.25) is 0 Å². The lowest BCUT2D eigenvalue weighted by Crippen LogP contribution is -2.37. The van der Waals surface area contributed by atoms with Crippen molar-refractivity contribution in [3.63, 3.8) is 0 Å². The molecule has 0 radical (unpaired) electrons. The van der Waals surface area contributed by atoms with E-state index in [1.54, 1.807) is 7.05 Å². The molecule has 2 heterocycles. The van der Waals surface area contributed by atoms with Gasteiger partial charge in [-0.25, -0.2) is 4.79 Å². The molecule has 0 N–H and O–H groups in total. The second kappa shape index (κ2) is 3.53. The maximum atomic E-state index is 12.1. The van der Waals surface area contributed by atoms with Crippen molar-refractivity contribution in [1.29, 1.82) is 0 Å². The molecule has 92 valence electrons. The van der Waals surface area contributed by atoms with E-state index in [-0.39, 0.29) is 16.7 Å². The quantitative estimate of drug-likeness (QED) is 0.703. The Morgan fingerprint density at radius 1 is 1.12 bits per heavy atom. The normalized spacial score (nSPS) is 12.3. The standard InChI is InChI=1S/C11H15N3O2S/c1-11(2,3)7-6-8(15)13(4)10(16)14(5)9(6)17-12-7/h1-5H3. The molecule has 0 saturated heterocycles. The lowest BCUT2D eigenvalue weighted by atomic mass is 9.91. The molecule has 6 heteroatoms. The Labute approximate surface area is 102 Å². The van der Waals surface area contributed by atoms with Crippen molar-refractivity contribution < 1.29 is 0 Å². The van der Waals surface area contributed by atoms with Crippen molar-refractivity contribution in [3.05, 3.63) is 26.5 Å². The Hall–Kier alpha value is -1.43. The van der Waals surface area contributed by atoms with Gasteiger partial charge in [0.05, 0.1) is 11.1 Å². The van der Waals surface area contributed by atoms with Crippen molar-refractivity contribution in [2.24, 2.45) is 14.1 Å². The average molecular weight is 253 g/mol. The number of hydrogen-bond donors (Lipinski definition) is 0. The highest BCUT2D eigenvalue weighted by Crippen LogP contribution is 2.28. The smallest absolute Gasteiger partial charge is 0.286 e. The minimum Gasteiger partial charge on any atom is -0.286 e. The van der Waals surface area contributed by atoms with Crippen molar-refractivity contribution in [2.45, 2.75) is 26.2 Å². The summed E-state index contributed by atoms with van der Waals surface area (Å²) >= 11 is 1.20. The first kappa shape index (κ1) is 12.0. The van der Waals surface area contributed by atoms with Crippen LogP contribution in [0, 0.1) is 0 Å². The van der Waals surface area contributed by atoms with Crippen LogP contribution in [-0.2, 0) is 19.5 Å². The average Bonchev–Trinajstić information content (AvgIpc) is 2.67. The van der Waals surface area contributed by atoms with Crippen LogP contribution in [0.25, 0.3) is 10.2 Å². The van der Waals surface area contributed by atoms with E-state index in [0.717, 1.165) is 10.3 Å². The third kappa shape index (κ3) is 1.63. The van der Waals surface area contributed by atoms with Gasteiger partial charge in [-0.3, -0.25) is 13.9 Å². The van der Waals surface area contributed by atoms with Gasteiger partial charge in [0.15, 0.2) is 0 Å². The van der Waals surface area contributed by atoms with Crippen LogP contribution in [0.3, 0.4) is 0 Å². The first-order valence-electron chi connectivity index (χ1n) is 5.31. The predicted molar refractivity (Wildman–Crippen MR) is 68.8 cm³/mol. The summed E-state index contributed by atoms with van der Waals surface area (Å²) in [5.41, 5.74) is -0.0241. The molecule has 0 amide bonds. The second-order valence-corrected chi connectivity index (χ2v) is 5.92. The lowest BCUT2D eigenvalue weighted by molar-refractivity contribution is 0.579. The fourth-order valence-corrected chi connectivity index (χ4v) is 2.80. The Bertz CT molecular complexity index is 700. The summed E-state index contributed by atoms with van der Waals surface area (Å²) in [6, 6.07) is 0. The molecule has 0 unspecified atom stereocenters. The summed E-state index contributed by atoms with van der Waals surface area (Å²) in [6.45, 7) is 6.02. The molecule has 5 nitrogen and oxygen atoms in total. The van der Waals surface area contributed by atoms with Gasteiger partial charge in [0, 0.05) is 19.5 Å². The van der Waals surface area contributed by atoms with Gasteiger partial charge in [-0.2, -0.15) is 4.37 Å². The maximum absolute atomic E-state index is 12.1. The second-order valence-electron chi connectivity index (χ2n) is 5.17. The van der Waals surface area contributed by atoms with Gasteiger partial charge < -0.3 is 0 Å². The van der Waals surface area contributed by atoms with E-state index in [1.165, 1.54) is 23.1 Å². The van der Waals surface area contributed by atoms with E-state index in [9.17, 15) is 9.59 Å². The Morgan fingerprint density at radius 3 is 2.24 bits per heavy atom. The van der Waals surface area contributed by atoms with Crippen LogP contribution in [0.4, 0.5) is 0 Å². The molecule has 0 aliphatic carbocycles. The van der Waals surface area contributed by atoms with Gasteiger partial charge in [0.1, 0.15) is 4.83 Å². The van der Waals surface area contributed by atoms with E-state index < -0.39 is 0 Å². The minimum absolute atomic E-state index is 0.207. The molecule has 2 aromatic heterocycles. The zero-order chi connectivity index (χ0) is 13.0. The zero-order valence-corrected chi connectivity index (χ0v) is 11.4. The highest BCUT2D eigenvalue weighted by molar-refractivity contribution is 7.13. The van der Waals surface area contributed by atoms with E-state index in [2.05, 4.69) is 4.37 Å². The summed E-state index contributed by atoms with van der Waals surface area (Å²) < 4.78 is 6.95. The molecule has 0 fully saturated rings. The Balaban J connectivity index is 3.07. The van der Waals surface area contributed by atoms with Crippen LogP contribution in [0.1, 0.15) is 26.5 Å². The largest absolute Gasteiger partial charge is 0.331 e. The van der Waals surface area contributed by atoms with Crippen LogP contribution in [0.15, 0.2) is 9.59 Å². The lowest BCUT2D eigenvalue weighted by Gasteiger charge is -2.15. The number of rotatable bonds is 0. The summed E-state index contributed by atoms with van der Waals surface area (Å²) in [6.07, 6.45) is 0. The zero-order valence-electron chi connectivity index (χ0n) is 10.6. The molecule has 0 aromatic carbocycles. The van der Waals surface area contributed by atoms with Crippen molar-refractivity contribution in [2.75, 3.05) is 0 Å². The monoisotopic (exact) mass is 253 g/mol. The predicted octanol–water partition coefficient (Wildman–Crippen LogP) is 0.991. The van der Waals surface area contributed by atoms with Crippen LogP contribution >= 0.6 is 11.5 Å². The topological polar surface area (TPSA) is 56.9 Å². The van der Waals surface area contributed by atoms with Crippen molar-refractivity contribution in [3.8, 4) is 0 Å². The minimum atomic E-state index is -0.313. The molecule has 0 aliphatic rings. The number of hydrogen-bond acceptors (Lipinski definition) is 4. The van der Waals surface area contributed by atoms with Gasteiger partial charge in [-0.15, -0.1) is 0 Å². The third-order valence-electron chi connectivity index (χ3n) is 2.78. The summed E-state index contributed by atoms with van der Waals surface area (Å²) in [4.78, 5) is 24.6. The number of fused-ring (bicyclic) bond motifs is 1. The molecule has 0 aliphatic heterocycles. The molecular formula is C11H15N3O2S. The van der Waals surface area contributed by atoms with E-state index in [4.69, 9.17) is 0 Å². The van der Waals surface area contributed by atoms with E-state index in [0.29, 0.717) is 10.2 Å². The fourth-order valence-electron chi connectivity index (χ4n) is 1.78. The van der Waals surface area contributed by atoms with Crippen LogP contribution in [0.2, 0.25) is 0 Å². The summed E-state index contributed by atoms with van der Waals surface area (Å²) in [7, 11) is 3.16. The number of aromatic nitrogens is 3. The first-order chi connectivity index (χ1) is 7.75. The van der Waals surface area contributed by atoms with Gasteiger partial charge in [0.25, 0.3) is 5.56 Å². The molecule has 2 aromatic rings. The highest BCUT2D eigenvalue weighted by Gasteiger charge is 2.24. The van der Waals surface area contributed by atoms with Crippen LogP contribution < -0.4 is 11.2 Å². The molecule has 17 heavy (non-hydrogen) atoms. The third-order valence-corrected chi connectivity index (χ3v) is 3.71. The molecule has 2 rings (SSSR count). The fraction of sp³-hybridized carbons (Fsp3) is 0.545. The van der Waals surface area contributed by atoms with Gasteiger partial charge in [-0.05, 0) is 11.5 Å². The molecular weight excluding hydrogens is 238 g/mol. The van der Waals surface area contributed by atoms with E-state index >= 15 is 0 Å². The Kier molecular flexibility index (Phi) is 2.50. The number of nitrogens with zero attached hydrogens (tertiary/aromatic N) is 3. The molecule has 0 atom stereocenters. The first-order valence-corrected chi connectivity index (χ1v) is 6.08. The molecule has 0 bridgehead atoms. The molecule has 0 saturated carbocycles. The summed E-state index contributed by atoms with van der Waals surface area (Å²) in [5, 5.41) is 0.562. The van der Waals surface area contributed by atoms with Crippen LogP contribution in [0.5, 0.6) is 0 Å². The summed E-state index contributed by atoms with van der Waals surface area (Å²) in [5.74, 6) is 0. The maximum Gasteiger partial charge on any atom is 0.331 e. The van der Waals surface area contributed by atoms with Crippen LogP contribution in [-0.4, -0.2) is 13.5 Å². The Morgan fingerprint density at radius 2 is 1.71 bits per heavy atom. The van der Waals surface area contributed by atoms with Gasteiger partial charge >= 0.3 is 5.69 Å². The number of aryl methyl sites for hydroxylation is 1.